The molecule has 18 heavy (non-hydrogen) atoms. The zero-order valence-corrected chi connectivity index (χ0v) is 11.2. The van der Waals surface area contributed by atoms with Crippen molar-refractivity contribution in [3.05, 3.63) is 23.8 Å². The number of fused-ring (bicyclic) bond motifs is 1. The third-order valence-corrected chi connectivity index (χ3v) is 3.09. The van der Waals surface area contributed by atoms with Crippen molar-refractivity contribution in [3.63, 3.8) is 0 Å². The molecule has 0 saturated heterocycles. The Morgan fingerprint density at radius 2 is 1.94 bits per heavy atom. The lowest BCUT2D eigenvalue weighted by Gasteiger charge is -2.24. The number of nitrogens with two attached hydrogens (primary N) is 1. The maximum absolute atomic E-state index is 5.69. The second kappa shape index (κ2) is 5.59. The molecule has 1 heterocycles. The molecule has 0 aliphatic carbocycles. The van der Waals surface area contributed by atoms with Crippen molar-refractivity contribution in [1.82, 2.24) is 5.32 Å². The Morgan fingerprint density at radius 1 is 1.22 bits per heavy atom. The zero-order valence-electron chi connectivity index (χ0n) is 11.2. The van der Waals surface area contributed by atoms with Gasteiger partial charge in [-0.15, -0.1) is 0 Å². The molecule has 0 spiro atoms. The smallest absolute Gasteiger partial charge is 0.161 e. The molecular weight excluding hydrogens is 228 g/mol. The van der Waals surface area contributed by atoms with E-state index in [1.807, 2.05) is 12.1 Å². The van der Waals surface area contributed by atoms with E-state index in [9.17, 15) is 0 Å². The maximum Gasteiger partial charge on any atom is 0.161 e. The van der Waals surface area contributed by atoms with Gasteiger partial charge in [0.15, 0.2) is 11.5 Å². The highest BCUT2D eigenvalue weighted by Crippen LogP contribution is 2.30. The van der Waals surface area contributed by atoms with Gasteiger partial charge in [-0.1, -0.05) is 6.07 Å². The fraction of sp³-hybridized carbons (Fsp3) is 0.571. The minimum absolute atomic E-state index is 0.0514. The summed E-state index contributed by atoms with van der Waals surface area (Å²) < 4.78 is 11.3. The van der Waals surface area contributed by atoms with Gasteiger partial charge in [0.25, 0.3) is 0 Å². The molecule has 0 bridgehead atoms. The van der Waals surface area contributed by atoms with E-state index in [1.165, 1.54) is 5.56 Å². The Labute approximate surface area is 108 Å². The van der Waals surface area contributed by atoms with Crippen LogP contribution in [0.4, 0.5) is 0 Å². The number of rotatable bonds is 4. The van der Waals surface area contributed by atoms with Crippen LogP contribution in [0.25, 0.3) is 0 Å². The van der Waals surface area contributed by atoms with E-state index in [2.05, 4.69) is 25.2 Å². The van der Waals surface area contributed by atoms with Gasteiger partial charge in [0, 0.05) is 25.0 Å². The van der Waals surface area contributed by atoms with Gasteiger partial charge in [-0.3, -0.25) is 0 Å². The van der Waals surface area contributed by atoms with Gasteiger partial charge in [0.05, 0.1) is 13.2 Å². The van der Waals surface area contributed by atoms with Gasteiger partial charge < -0.3 is 20.5 Å². The zero-order chi connectivity index (χ0) is 13.0. The summed E-state index contributed by atoms with van der Waals surface area (Å²) in [5.74, 6) is 1.69. The molecule has 0 radical (unpaired) electrons. The van der Waals surface area contributed by atoms with Crippen molar-refractivity contribution in [2.24, 2.45) is 5.73 Å². The maximum atomic E-state index is 5.69. The van der Waals surface area contributed by atoms with Crippen LogP contribution in [0.3, 0.4) is 0 Å². The van der Waals surface area contributed by atoms with Crippen LogP contribution in [0, 0.1) is 0 Å². The van der Waals surface area contributed by atoms with Crippen LogP contribution < -0.4 is 20.5 Å². The van der Waals surface area contributed by atoms with Crippen LogP contribution in [0.5, 0.6) is 11.5 Å². The monoisotopic (exact) mass is 250 g/mol. The molecule has 0 atom stereocenters. The van der Waals surface area contributed by atoms with Crippen LogP contribution in [0.2, 0.25) is 0 Å². The molecule has 2 rings (SSSR count). The Bertz CT molecular complexity index is 405. The van der Waals surface area contributed by atoms with Crippen molar-refractivity contribution in [1.29, 1.82) is 0 Å². The molecule has 1 aromatic carbocycles. The first-order chi connectivity index (χ1) is 8.61. The lowest BCUT2D eigenvalue weighted by atomic mass is 10.1. The predicted octanol–water partition coefficient (Wildman–Crippen LogP) is 1.67. The summed E-state index contributed by atoms with van der Waals surface area (Å²) in [6.45, 7) is 7.02. The van der Waals surface area contributed by atoms with E-state index >= 15 is 0 Å². The molecular formula is C14H22N2O2. The molecule has 1 aliphatic heterocycles. The van der Waals surface area contributed by atoms with E-state index in [-0.39, 0.29) is 5.54 Å². The first-order valence-electron chi connectivity index (χ1n) is 6.44. The number of nitrogens with one attached hydrogen (secondary N) is 1. The molecule has 0 unspecified atom stereocenters. The second-order valence-electron chi connectivity index (χ2n) is 5.27. The van der Waals surface area contributed by atoms with Crippen molar-refractivity contribution in [2.75, 3.05) is 19.8 Å². The van der Waals surface area contributed by atoms with Gasteiger partial charge >= 0.3 is 0 Å². The van der Waals surface area contributed by atoms with E-state index in [4.69, 9.17) is 15.2 Å². The Balaban J connectivity index is 2.04. The molecule has 3 N–H and O–H groups in total. The largest absolute Gasteiger partial charge is 0.490 e. The molecule has 0 aromatic heterocycles. The van der Waals surface area contributed by atoms with Crippen LogP contribution >= 0.6 is 0 Å². The van der Waals surface area contributed by atoms with Crippen LogP contribution in [-0.4, -0.2) is 25.3 Å². The molecule has 1 aromatic rings. The average molecular weight is 250 g/mol. The van der Waals surface area contributed by atoms with Gasteiger partial charge in [0.1, 0.15) is 0 Å². The minimum atomic E-state index is -0.0514. The molecule has 0 amide bonds. The van der Waals surface area contributed by atoms with Crippen LogP contribution in [-0.2, 0) is 6.54 Å². The van der Waals surface area contributed by atoms with Crippen LogP contribution in [0.1, 0.15) is 25.8 Å². The van der Waals surface area contributed by atoms with Gasteiger partial charge in [-0.05, 0) is 31.5 Å². The molecule has 0 saturated carbocycles. The fourth-order valence-electron chi connectivity index (χ4n) is 1.73. The molecule has 4 heteroatoms. The molecule has 1 aliphatic rings. The lowest BCUT2D eigenvalue weighted by Crippen LogP contribution is -2.45. The average Bonchev–Trinajstić information content (AvgIpc) is 2.61. The Morgan fingerprint density at radius 3 is 2.67 bits per heavy atom. The Hall–Kier alpha value is -1.26. The fourth-order valence-corrected chi connectivity index (χ4v) is 1.73. The van der Waals surface area contributed by atoms with Gasteiger partial charge in [0.2, 0.25) is 0 Å². The summed E-state index contributed by atoms with van der Waals surface area (Å²) in [5.41, 5.74) is 6.82. The molecule has 0 fully saturated rings. The highest BCUT2D eigenvalue weighted by Gasteiger charge is 2.15. The summed E-state index contributed by atoms with van der Waals surface area (Å²) in [4.78, 5) is 0. The molecule has 100 valence electrons. The second-order valence-corrected chi connectivity index (χ2v) is 5.27. The third kappa shape index (κ3) is 3.37. The van der Waals surface area contributed by atoms with E-state index in [0.717, 1.165) is 37.7 Å². The first kappa shape index (κ1) is 13.2. The van der Waals surface area contributed by atoms with Crippen molar-refractivity contribution in [3.8, 4) is 11.5 Å². The standard InChI is InChI=1S/C14H22N2O2/c1-14(2,10-15)16-9-11-4-5-12-13(8-11)18-7-3-6-17-12/h4-5,8,16H,3,6-7,9-10,15H2,1-2H3. The summed E-state index contributed by atoms with van der Waals surface area (Å²) in [7, 11) is 0. The topological polar surface area (TPSA) is 56.5 Å². The van der Waals surface area contributed by atoms with Gasteiger partial charge in [-0.2, -0.15) is 0 Å². The van der Waals surface area contributed by atoms with Crippen molar-refractivity contribution < 1.29 is 9.47 Å². The first-order valence-corrected chi connectivity index (χ1v) is 6.44. The number of benzene rings is 1. The SMILES string of the molecule is CC(C)(CN)NCc1ccc2c(c1)OCCCO2. The summed E-state index contributed by atoms with van der Waals surface area (Å²) >= 11 is 0. The van der Waals surface area contributed by atoms with Crippen molar-refractivity contribution in [2.45, 2.75) is 32.4 Å². The lowest BCUT2D eigenvalue weighted by molar-refractivity contribution is 0.297. The molecule has 4 nitrogen and oxygen atoms in total. The van der Waals surface area contributed by atoms with Gasteiger partial charge in [-0.25, -0.2) is 0 Å². The van der Waals surface area contributed by atoms with Crippen LogP contribution in [0.15, 0.2) is 18.2 Å². The number of ether oxygens (including phenoxy) is 2. The highest BCUT2D eigenvalue weighted by molar-refractivity contribution is 5.43. The summed E-state index contributed by atoms with van der Waals surface area (Å²) in [6, 6.07) is 6.08. The highest BCUT2D eigenvalue weighted by atomic mass is 16.5. The van der Waals surface area contributed by atoms with Crippen molar-refractivity contribution >= 4 is 0 Å². The van der Waals surface area contributed by atoms with E-state index < -0.39 is 0 Å². The summed E-state index contributed by atoms with van der Waals surface area (Å²) in [6.07, 6.45) is 0.933. The normalized spacial score (nSPS) is 15.3. The van der Waals surface area contributed by atoms with E-state index in [1.54, 1.807) is 0 Å². The summed E-state index contributed by atoms with van der Waals surface area (Å²) in [5, 5.41) is 3.43. The quantitative estimate of drug-likeness (QED) is 0.853. The minimum Gasteiger partial charge on any atom is -0.490 e. The third-order valence-electron chi connectivity index (χ3n) is 3.09. The predicted molar refractivity (Wildman–Crippen MR) is 72.0 cm³/mol. The Kier molecular flexibility index (Phi) is 4.09. The number of hydrogen-bond acceptors (Lipinski definition) is 4. The van der Waals surface area contributed by atoms with E-state index in [0.29, 0.717) is 6.54 Å². The number of hydrogen-bond donors (Lipinski definition) is 2.